The van der Waals surface area contributed by atoms with Gasteiger partial charge in [0.15, 0.2) is 5.03 Å². The summed E-state index contributed by atoms with van der Waals surface area (Å²) in [5, 5.41) is 5.98. The van der Waals surface area contributed by atoms with Crippen LogP contribution in [0.4, 0.5) is 5.69 Å². The van der Waals surface area contributed by atoms with Gasteiger partial charge in [0.1, 0.15) is 17.3 Å². The van der Waals surface area contributed by atoms with E-state index in [9.17, 15) is 8.42 Å². The molecule has 1 aromatic carbocycles. The average molecular weight is 312 g/mol. The number of rotatable bonds is 6. The van der Waals surface area contributed by atoms with E-state index in [-0.39, 0.29) is 16.6 Å². The molecule has 4 N–H and O–H groups in total. The first-order chi connectivity index (χ1) is 9.47. The summed E-state index contributed by atoms with van der Waals surface area (Å²) in [4.78, 5) is 0.244. The molecule has 0 aliphatic rings. The minimum Gasteiger partial charge on any atom is -0.487 e. The molecule has 9 heteroatoms. The first kappa shape index (κ1) is 14.3. The van der Waals surface area contributed by atoms with Crippen LogP contribution in [0.15, 0.2) is 41.6 Å². The minimum atomic E-state index is -3.66. The lowest BCUT2D eigenvalue weighted by Gasteiger charge is -2.08. The summed E-state index contributed by atoms with van der Waals surface area (Å²) in [5.41, 5.74) is 5.72. The molecular formula is C11H12N4O3S2. The lowest BCUT2D eigenvalue weighted by atomic mass is 10.3. The molecule has 1 aromatic heterocycles. The van der Waals surface area contributed by atoms with Crippen LogP contribution < -0.4 is 15.2 Å². The van der Waals surface area contributed by atoms with Gasteiger partial charge in [-0.15, -0.1) is 0 Å². The molecule has 0 saturated carbocycles. The van der Waals surface area contributed by atoms with E-state index in [0.717, 1.165) is 0 Å². The first-order valence-corrected chi connectivity index (χ1v) is 7.40. The van der Waals surface area contributed by atoms with Crippen LogP contribution in [0.5, 0.6) is 5.75 Å². The Morgan fingerprint density at radius 1 is 1.35 bits per heavy atom. The lowest BCUT2D eigenvalue weighted by Crippen LogP contribution is -2.17. The number of benzene rings is 1. The van der Waals surface area contributed by atoms with Crippen LogP contribution in [0.2, 0.25) is 0 Å². The van der Waals surface area contributed by atoms with Gasteiger partial charge in [0, 0.05) is 5.69 Å². The Labute approximate surface area is 121 Å². The van der Waals surface area contributed by atoms with Gasteiger partial charge in [0.25, 0.3) is 10.0 Å². The van der Waals surface area contributed by atoms with Crippen molar-refractivity contribution >= 4 is 32.9 Å². The zero-order valence-corrected chi connectivity index (χ0v) is 11.9. The maximum absolute atomic E-state index is 11.9. The number of ether oxygens (including phenoxy) is 1. The van der Waals surface area contributed by atoms with Crippen molar-refractivity contribution in [3.05, 3.63) is 36.5 Å². The van der Waals surface area contributed by atoms with E-state index >= 15 is 0 Å². The molecule has 0 aliphatic heterocycles. The molecule has 0 saturated heterocycles. The molecule has 0 bridgehead atoms. The molecular weight excluding hydrogens is 300 g/mol. The molecule has 0 unspecified atom stereocenters. The monoisotopic (exact) mass is 312 g/mol. The lowest BCUT2D eigenvalue weighted by molar-refractivity contribution is 0.377. The minimum absolute atomic E-state index is 0.00805. The van der Waals surface area contributed by atoms with Gasteiger partial charge in [0.2, 0.25) is 0 Å². The van der Waals surface area contributed by atoms with Crippen LogP contribution in [0, 0.1) is 0 Å². The second kappa shape index (κ2) is 5.88. The highest BCUT2D eigenvalue weighted by Crippen LogP contribution is 2.18. The number of H-pyrrole nitrogens is 1. The van der Waals surface area contributed by atoms with Crippen LogP contribution in [0.3, 0.4) is 0 Å². The fraction of sp³-hybridized carbons (Fsp3) is 0.0909. The average Bonchev–Trinajstić information content (AvgIpc) is 2.92. The van der Waals surface area contributed by atoms with Crippen LogP contribution in [0.1, 0.15) is 0 Å². The van der Waals surface area contributed by atoms with Crippen LogP contribution >= 0.6 is 12.2 Å². The highest BCUT2D eigenvalue weighted by atomic mass is 32.2. The number of aromatic nitrogens is 2. The Balaban J connectivity index is 2.06. The number of nitrogens with two attached hydrogens (primary N) is 1. The van der Waals surface area contributed by atoms with Crippen molar-refractivity contribution in [3.63, 3.8) is 0 Å². The second-order valence-electron chi connectivity index (χ2n) is 3.81. The largest absolute Gasteiger partial charge is 0.487 e. The SMILES string of the molecule is NC(=S)COc1ccc(NS(=O)(=O)c2ccn[nH]2)cc1. The van der Waals surface area contributed by atoms with Gasteiger partial charge >= 0.3 is 0 Å². The van der Waals surface area contributed by atoms with Crippen molar-refractivity contribution in [1.82, 2.24) is 10.2 Å². The van der Waals surface area contributed by atoms with E-state index in [1.165, 1.54) is 12.3 Å². The highest BCUT2D eigenvalue weighted by Gasteiger charge is 2.15. The van der Waals surface area contributed by atoms with Crippen molar-refractivity contribution < 1.29 is 13.2 Å². The van der Waals surface area contributed by atoms with E-state index < -0.39 is 10.0 Å². The van der Waals surface area contributed by atoms with Crippen molar-refractivity contribution in [2.45, 2.75) is 5.03 Å². The van der Waals surface area contributed by atoms with Crippen LogP contribution in [0.25, 0.3) is 0 Å². The number of hydrogen-bond acceptors (Lipinski definition) is 5. The van der Waals surface area contributed by atoms with Crippen molar-refractivity contribution in [2.24, 2.45) is 5.73 Å². The van der Waals surface area contributed by atoms with Crippen molar-refractivity contribution in [1.29, 1.82) is 0 Å². The molecule has 0 spiro atoms. The number of nitrogens with zero attached hydrogens (tertiary/aromatic N) is 1. The van der Waals surface area contributed by atoms with Gasteiger partial charge < -0.3 is 10.5 Å². The number of sulfonamides is 1. The topological polar surface area (TPSA) is 110 Å². The van der Waals surface area contributed by atoms with Crippen LogP contribution in [-0.4, -0.2) is 30.2 Å². The summed E-state index contributed by atoms with van der Waals surface area (Å²) in [6.45, 7) is 0.133. The summed E-state index contributed by atoms with van der Waals surface area (Å²) >= 11 is 4.69. The summed E-state index contributed by atoms with van der Waals surface area (Å²) in [6.07, 6.45) is 1.36. The second-order valence-corrected chi connectivity index (χ2v) is 5.98. The van der Waals surface area contributed by atoms with Gasteiger partial charge in [-0.1, -0.05) is 12.2 Å². The van der Waals surface area contributed by atoms with Gasteiger partial charge in [-0.3, -0.25) is 9.82 Å². The predicted octanol–water partition coefficient (Wildman–Crippen LogP) is 0.875. The van der Waals surface area contributed by atoms with E-state index in [0.29, 0.717) is 11.4 Å². The standard InChI is InChI=1S/C11H12N4O3S2/c12-10(19)7-18-9-3-1-8(2-4-9)15-20(16,17)11-5-6-13-14-11/h1-6,15H,7H2,(H2,12,19)(H,13,14). The summed E-state index contributed by atoms with van der Waals surface area (Å²) in [6, 6.07) is 7.74. The van der Waals surface area contributed by atoms with E-state index in [1.54, 1.807) is 24.3 Å². The number of aromatic amines is 1. The zero-order valence-electron chi connectivity index (χ0n) is 10.2. The van der Waals surface area contributed by atoms with Gasteiger partial charge in [-0.05, 0) is 30.3 Å². The normalized spacial score (nSPS) is 11.0. The Morgan fingerprint density at radius 2 is 2.05 bits per heavy atom. The molecule has 2 aromatic rings. The molecule has 0 atom stereocenters. The summed E-state index contributed by atoms with van der Waals surface area (Å²) in [7, 11) is -3.66. The van der Waals surface area contributed by atoms with Gasteiger partial charge in [-0.25, -0.2) is 0 Å². The Kier molecular flexibility index (Phi) is 4.20. The first-order valence-electron chi connectivity index (χ1n) is 5.51. The number of thiocarbonyl (C=S) groups is 1. The summed E-state index contributed by atoms with van der Waals surface area (Å²) in [5.74, 6) is 0.544. The molecule has 0 radical (unpaired) electrons. The Bertz CT molecular complexity index is 681. The van der Waals surface area contributed by atoms with E-state index in [4.69, 9.17) is 10.5 Å². The van der Waals surface area contributed by atoms with Crippen molar-refractivity contribution in [2.75, 3.05) is 11.3 Å². The molecule has 20 heavy (non-hydrogen) atoms. The molecule has 7 nitrogen and oxygen atoms in total. The third-order valence-corrected chi connectivity index (χ3v) is 3.68. The molecule has 106 valence electrons. The molecule has 2 rings (SSSR count). The maximum atomic E-state index is 11.9. The summed E-state index contributed by atoms with van der Waals surface area (Å²) < 4.78 is 31.5. The van der Waals surface area contributed by atoms with E-state index in [2.05, 4.69) is 27.1 Å². The smallest absolute Gasteiger partial charge is 0.278 e. The molecule has 0 aliphatic carbocycles. The zero-order chi connectivity index (χ0) is 14.6. The van der Waals surface area contributed by atoms with E-state index in [1.807, 2.05) is 0 Å². The quantitative estimate of drug-likeness (QED) is 0.683. The maximum Gasteiger partial charge on any atom is 0.278 e. The molecule has 0 amide bonds. The number of hydrogen-bond donors (Lipinski definition) is 3. The third-order valence-electron chi connectivity index (χ3n) is 2.25. The predicted molar refractivity (Wildman–Crippen MR) is 78.1 cm³/mol. The molecule has 1 heterocycles. The Hall–Kier alpha value is -2.13. The Morgan fingerprint density at radius 3 is 2.60 bits per heavy atom. The van der Waals surface area contributed by atoms with Gasteiger partial charge in [0.05, 0.1) is 6.20 Å². The number of anilines is 1. The fourth-order valence-electron chi connectivity index (χ4n) is 1.38. The third kappa shape index (κ3) is 3.68. The highest BCUT2D eigenvalue weighted by molar-refractivity contribution is 7.92. The van der Waals surface area contributed by atoms with Crippen LogP contribution in [-0.2, 0) is 10.0 Å². The fourth-order valence-corrected chi connectivity index (χ4v) is 2.40. The molecule has 0 fully saturated rings. The van der Waals surface area contributed by atoms with Crippen molar-refractivity contribution in [3.8, 4) is 5.75 Å². The van der Waals surface area contributed by atoms with Gasteiger partial charge in [-0.2, -0.15) is 13.5 Å². The number of nitrogens with one attached hydrogen (secondary N) is 2.